The molecule has 0 bridgehead atoms. The van der Waals surface area contributed by atoms with Crippen molar-refractivity contribution in [3.05, 3.63) is 47.9 Å². The maximum Gasteiger partial charge on any atom is 0.412 e. The predicted molar refractivity (Wildman–Crippen MR) is 104 cm³/mol. The van der Waals surface area contributed by atoms with Crippen LogP contribution < -0.4 is 15.4 Å². The summed E-state index contributed by atoms with van der Waals surface area (Å²) in [6.45, 7) is 7.13. The minimum atomic E-state index is -0.635. The third-order valence-corrected chi connectivity index (χ3v) is 3.28. The van der Waals surface area contributed by atoms with E-state index in [4.69, 9.17) is 13.9 Å². The fourth-order valence-electron chi connectivity index (χ4n) is 2.15. The minimum absolute atomic E-state index is 0.380. The molecule has 7 nitrogen and oxygen atoms in total. The Morgan fingerprint density at radius 2 is 1.81 bits per heavy atom. The quantitative estimate of drug-likeness (QED) is 0.749. The largest absolute Gasteiger partial charge is 0.497 e. The van der Waals surface area contributed by atoms with Crippen LogP contribution >= 0.6 is 0 Å². The molecule has 0 aliphatic rings. The number of amides is 2. The van der Waals surface area contributed by atoms with E-state index in [-0.39, 0.29) is 5.91 Å². The van der Waals surface area contributed by atoms with Crippen molar-refractivity contribution in [2.75, 3.05) is 17.7 Å². The molecule has 7 heteroatoms. The molecule has 0 radical (unpaired) electrons. The smallest absolute Gasteiger partial charge is 0.412 e. The molecule has 0 aliphatic heterocycles. The topological polar surface area (TPSA) is 89.8 Å². The molecule has 0 spiro atoms. The van der Waals surface area contributed by atoms with E-state index < -0.39 is 11.7 Å². The number of ether oxygens (including phenoxy) is 2. The van der Waals surface area contributed by atoms with Crippen LogP contribution in [-0.4, -0.2) is 24.7 Å². The van der Waals surface area contributed by atoms with Crippen LogP contribution in [0.3, 0.4) is 0 Å². The van der Waals surface area contributed by atoms with Gasteiger partial charge in [0.1, 0.15) is 22.9 Å². The van der Waals surface area contributed by atoms with Crippen LogP contribution in [0.25, 0.3) is 6.08 Å². The summed E-state index contributed by atoms with van der Waals surface area (Å²) in [6.07, 6.45) is 2.28. The van der Waals surface area contributed by atoms with Crippen LogP contribution in [0.1, 0.15) is 32.3 Å². The highest BCUT2D eigenvalue weighted by Crippen LogP contribution is 2.27. The summed E-state index contributed by atoms with van der Waals surface area (Å²) in [7, 11) is 1.51. The summed E-state index contributed by atoms with van der Waals surface area (Å²) < 4.78 is 15.8. The lowest BCUT2D eigenvalue weighted by atomic mass is 10.2. The van der Waals surface area contributed by atoms with Crippen molar-refractivity contribution in [2.24, 2.45) is 0 Å². The predicted octanol–water partition coefficient (Wildman–Crippen LogP) is 4.60. The van der Waals surface area contributed by atoms with Crippen molar-refractivity contribution >= 4 is 29.5 Å². The second kappa shape index (κ2) is 8.44. The Morgan fingerprint density at radius 3 is 2.41 bits per heavy atom. The lowest BCUT2D eigenvalue weighted by molar-refractivity contribution is -0.111. The van der Waals surface area contributed by atoms with Crippen molar-refractivity contribution in [3.63, 3.8) is 0 Å². The molecule has 0 atom stereocenters. The molecule has 0 saturated heterocycles. The Morgan fingerprint density at radius 1 is 1.07 bits per heavy atom. The average Bonchev–Trinajstić information content (AvgIpc) is 2.98. The van der Waals surface area contributed by atoms with Gasteiger partial charge < -0.3 is 19.2 Å². The molecular formula is C20H24N2O5. The SMILES string of the molecule is COc1ccc(NC(=O)OC(C)(C)C)c(NC(=O)C=Cc2ccc(C)o2)c1. The van der Waals surface area contributed by atoms with Gasteiger partial charge >= 0.3 is 6.09 Å². The maximum atomic E-state index is 12.2. The Hall–Kier alpha value is -3.22. The zero-order valence-electron chi connectivity index (χ0n) is 16.1. The van der Waals surface area contributed by atoms with Crippen molar-refractivity contribution in [3.8, 4) is 5.75 Å². The second-order valence-corrected chi connectivity index (χ2v) is 6.81. The molecule has 27 heavy (non-hydrogen) atoms. The summed E-state index contributed by atoms with van der Waals surface area (Å²) in [5.41, 5.74) is 0.135. The van der Waals surface area contributed by atoms with Crippen LogP contribution in [0, 0.1) is 6.92 Å². The molecule has 2 rings (SSSR count). The number of hydrogen-bond acceptors (Lipinski definition) is 5. The van der Waals surface area contributed by atoms with Crippen LogP contribution in [0.5, 0.6) is 5.75 Å². The zero-order chi connectivity index (χ0) is 20.0. The van der Waals surface area contributed by atoms with Gasteiger partial charge in [-0.15, -0.1) is 0 Å². The van der Waals surface area contributed by atoms with Gasteiger partial charge in [0.25, 0.3) is 0 Å². The third kappa shape index (κ3) is 6.54. The van der Waals surface area contributed by atoms with Crippen LogP contribution in [0.15, 0.2) is 40.8 Å². The summed E-state index contributed by atoms with van der Waals surface area (Å²) in [4.78, 5) is 24.3. The van der Waals surface area contributed by atoms with Gasteiger partial charge in [-0.1, -0.05) is 0 Å². The number of furan rings is 1. The van der Waals surface area contributed by atoms with Gasteiger partial charge in [0.05, 0.1) is 18.5 Å². The van der Waals surface area contributed by atoms with Crippen molar-refractivity contribution in [2.45, 2.75) is 33.3 Å². The summed E-state index contributed by atoms with van der Waals surface area (Å²) in [5.74, 6) is 1.47. The first kappa shape index (κ1) is 20.1. The van der Waals surface area contributed by atoms with E-state index in [0.717, 1.165) is 5.76 Å². The molecule has 1 aromatic carbocycles. The van der Waals surface area contributed by atoms with Crippen molar-refractivity contribution in [1.29, 1.82) is 0 Å². The van der Waals surface area contributed by atoms with E-state index >= 15 is 0 Å². The molecule has 1 aromatic heterocycles. The Kier molecular flexibility index (Phi) is 6.28. The average molecular weight is 372 g/mol. The normalized spacial score (nSPS) is 11.3. The highest BCUT2D eigenvalue weighted by atomic mass is 16.6. The van der Waals surface area contributed by atoms with Crippen LogP contribution in [0.2, 0.25) is 0 Å². The Labute approximate surface area is 158 Å². The number of methoxy groups -OCH3 is 1. The maximum absolute atomic E-state index is 12.2. The number of carbonyl (C=O) groups is 2. The van der Waals surface area contributed by atoms with Crippen molar-refractivity contribution in [1.82, 2.24) is 0 Å². The number of aryl methyl sites for hydroxylation is 1. The first-order valence-electron chi connectivity index (χ1n) is 8.40. The van der Waals surface area contributed by atoms with Crippen LogP contribution in [-0.2, 0) is 9.53 Å². The molecule has 2 N–H and O–H groups in total. The van der Waals surface area contributed by atoms with Gasteiger partial charge in [0.15, 0.2) is 0 Å². The van der Waals surface area contributed by atoms with Gasteiger partial charge in [-0.05, 0) is 58.0 Å². The van der Waals surface area contributed by atoms with E-state index in [1.807, 2.05) is 13.0 Å². The first-order valence-corrected chi connectivity index (χ1v) is 8.40. The number of nitrogens with one attached hydrogen (secondary N) is 2. The summed E-state index contributed by atoms with van der Waals surface area (Å²) in [5, 5.41) is 5.34. The van der Waals surface area contributed by atoms with Gasteiger partial charge in [-0.25, -0.2) is 4.79 Å². The number of anilines is 2. The second-order valence-electron chi connectivity index (χ2n) is 6.81. The highest BCUT2D eigenvalue weighted by Gasteiger charge is 2.18. The van der Waals surface area contributed by atoms with E-state index in [1.54, 1.807) is 51.1 Å². The van der Waals surface area contributed by atoms with Gasteiger partial charge in [0.2, 0.25) is 5.91 Å². The molecule has 2 aromatic rings. The fraction of sp³-hybridized carbons (Fsp3) is 0.300. The van der Waals surface area contributed by atoms with Gasteiger partial charge in [0, 0.05) is 12.1 Å². The van der Waals surface area contributed by atoms with E-state index in [9.17, 15) is 9.59 Å². The Bertz CT molecular complexity index is 846. The summed E-state index contributed by atoms with van der Waals surface area (Å²) >= 11 is 0. The molecule has 2 amide bonds. The fourth-order valence-corrected chi connectivity index (χ4v) is 2.15. The molecule has 1 heterocycles. The number of carbonyl (C=O) groups excluding carboxylic acids is 2. The highest BCUT2D eigenvalue weighted by molar-refractivity contribution is 6.05. The molecule has 0 saturated carbocycles. The van der Waals surface area contributed by atoms with Gasteiger partial charge in [-0.2, -0.15) is 0 Å². The van der Waals surface area contributed by atoms with Crippen LogP contribution in [0.4, 0.5) is 16.2 Å². The van der Waals surface area contributed by atoms with E-state index in [2.05, 4.69) is 10.6 Å². The molecular weight excluding hydrogens is 348 g/mol. The van der Waals surface area contributed by atoms with Crippen molar-refractivity contribution < 1.29 is 23.5 Å². The standard InChI is InChI=1S/C20H24N2O5/c1-13-6-7-14(26-13)9-11-18(23)21-17-12-15(25-5)8-10-16(17)22-19(24)27-20(2,3)4/h6-12H,1-5H3,(H,21,23)(H,22,24). The molecule has 144 valence electrons. The third-order valence-electron chi connectivity index (χ3n) is 3.28. The number of rotatable bonds is 5. The summed E-state index contributed by atoms with van der Waals surface area (Å²) in [6, 6.07) is 8.47. The monoisotopic (exact) mass is 372 g/mol. The molecule has 0 unspecified atom stereocenters. The van der Waals surface area contributed by atoms with E-state index in [0.29, 0.717) is 22.9 Å². The number of benzene rings is 1. The minimum Gasteiger partial charge on any atom is -0.497 e. The number of hydrogen-bond donors (Lipinski definition) is 2. The van der Waals surface area contributed by atoms with Gasteiger partial charge in [-0.3, -0.25) is 10.1 Å². The molecule has 0 fully saturated rings. The lowest BCUT2D eigenvalue weighted by Gasteiger charge is -2.20. The van der Waals surface area contributed by atoms with E-state index in [1.165, 1.54) is 13.2 Å². The zero-order valence-corrected chi connectivity index (χ0v) is 16.1. The first-order chi connectivity index (χ1) is 12.7. The Balaban J connectivity index is 2.14. The lowest BCUT2D eigenvalue weighted by Crippen LogP contribution is -2.27. The molecule has 0 aliphatic carbocycles.